The van der Waals surface area contributed by atoms with E-state index >= 15 is 0 Å². The number of aromatic nitrogens is 3. The number of hydrogen-bond donors (Lipinski definition) is 0. The van der Waals surface area contributed by atoms with Crippen molar-refractivity contribution in [3.8, 4) is 11.1 Å². The van der Waals surface area contributed by atoms with E-state index in [1.54, 1.807) is 29.2 Å². The van der Waals surface area contributed by atoms with Gasteiger partial charge in [-0.3, -0.25) is 9.59 Å². The van der Waals surface area contributed by atoms with Gasteiger partial charge in [-0.2, -0.15) is 0 Å². The monoisotopic (exact) mass is 379 g/mol. The smallest absolute Gasteiger partial charge is 0.259 e. The highest BCUT2D eigenvalue weighted by Crippen LogP contribution is 2.23. The number of nitrogens with zero attached hydrogens (tertiary/aromatic N) is 5. The molecule has 0 radical (unpaired) electrons. The van der Waals surface area contributed by atoms with Crippen LogP contribution in [0.5, 0.6) is 0 Å². The Morgan fingerprint density at radius 1 is 1.11 bits per heavy atom. The van der Waals surface area contributed by atoms with E-state index in [-0.39, 0.29) is 11.5 Å². The maximum Gasteiger partial charge on any atom is 0.259 e. The first-order valence-electron chi connectivity index (χ1n) is 8.87. The number of carbonyl (C=O) groups excluding carboxylic acids is 1. The number of piperazine rings is 1. The van der Waals surface area contributed by atoms with Crippen LogP contribution in [0, 0.1) is 5.82 Å². The highest BCUT2D eigenvalue weighted by molar-refractivity contribution is 5.87. The average Bonchev–Trinajstić information content (AvgIpc) is 2.73. The zero-order chi connectivity index (χ0) is 19.7. The summed E-state index contributed by atoms with van der Waals surface area (Å²) in [6.45, 7) is 5.60. The number of carbonyl (C=O) groups is 1. The van der Waals surface area contributed by atoms with Gasteiger partial charge in [-0.15, -0.1) is 0 Å². The first-order valence-corrected chi connectivity index (χ1v) is 8.87. The van der Waals surface area contributed by atoms with Crippen molar-refractivity contribution in [2.45, 2.75) is 0 Å². The summed E-state index contributed by atoms with van der Waals surface area (Å²) in [5.41, 5.74) is 0.865. The standard InChI is InChI=1S/C20H18FN5O2/c1-2-18(27)24-7-9-25(10-8-24)20-23-13-22-17-11-14(12-19(28)26(17)20)15-5-3-4-6-16(15)21/h2-6,11-13H,1,7-10H2. The normalized spacial score (nSPS) is 14.3. The van der Waals surface area contributed by atoms with Crippen LogP contribution in [0.4, 0.5) is 10.3 Å². The molecule has 1 saturated heterocycles. The lowest BCUT2D eigenvalue weighted by atomic mass is 10.1. The van der Waals surface area contributed by atoms with Crippen molar-refractivity contribution in [3.05, 3.63) is 71.6 Å². The average molecular weight is 379 g/mol. The summed E-state index contributed by atoms with van der Waals surface area (Å²) in [4.78, 5) is 36.7. The Labute approximate surface area is 160 Å². The second kappa shape index (κ2) is 7.22. The van der Waals surface area contributed by atoms with Crippen molar-refractivity contribution in [2.75, 3.05) is 31.1 Å². The number of pyridine rings is 1. The summed E-state index contributed by atoms with van der Waals surface area (Å²) in [7, 11) is 0. The zero-order valence-electron chi connectivity index (χ0n) is 15.1. The van der Waals surface area contributed by atoms with Crippen LogP contribution < -0.4 is 10.5 Å². The zero-order valence-corrected chi connectivity index (χ0v) is 15.1. The number of fused-ring (bicyclic) bond motifs is 1. The van der Waals surface area contributed by atoms with Crippen LogP contribution >= 0.6 is 0 Å². The molecule has 1 aliphatic heterocycles. The molecule has 0 atom stereocenters. The minimum atomic E-state index is -0.400. The Bertz CT molecular complexity index is 1120. The molecule has 1 aromatic carbocycles. The molecule has 0 spiro atoms. The van der Waals surface area contributed by atoms with Gasteiger partial charge in [0, 0.05) is 37.8 Å². The SMILES string of the molecule is C=CC(=O)N1CCN(c2ncnc3cc(-c4ccccc4F)cc(=O)n23)CC1. The molecule has 142 valence electrons. The van der Waals surface area contributed by atoms with E-state index in [4.69, 9.17) is 0 Å². The minimum absolute atomic E-state index is 0.112. The van der Waals surface area contributed by atoms with Crippen molar-refractivity contribution in [1.82, 2.24) is 19.3 Å². The fraction of sp³-hybridized carbons (Fsp3) is 0.200. The number of rotatable bonds is 3. The molecule has 28 heavy (non-hydrogen) atoms. The molecular weight excluding hydrogens is 361 g/mol. The van der Waals surface area contributed by atoms with Gasteiger partial charge in [-0.1, -0.05) is 24.8 Å². The van der Waals surface area contributed by atoms with Gasteiger partial charge in [-0.05, 0) is 23.8 Å². The van der Waals surface area contributed by atoms with Gasteiger partial charge in [0.2, 0.25) is 11.9 Å². The summed E-state index contributed by atoms with van der Waals surface area (Å²) in [5, 5.41) is 0. The number of anilines is 1. The molecule has 3 heterocycles. The molecular formula is C20H18FN5O2. The third kappa shape index (κ3) is 3.13. The van der Waals surface area contributed by atoms with Crippen molar-refractivity contribution in [2.24, 2.45) is 0 Å². The number of amides is 1. The molecule has 0 saturated carbocycles. The van der Waals surface area contributed by atoms with Crippen LogP contribution in [0.3, 0.4) is 0 Å². The first kappa shape index (κ1) is 17.8. The molecule has 1 fully saturated rings. The van der Waals surface area contributed by atoms with Crippen molar-refractivity contribution in [1.29, 1.82) is 0 Å². The lowest BCUT2D eigenvalue weighted by Crippen LogP contribution is -2.49. The minimum Gasteiger partial charge on any atom is -0.338 e. The Balaban J connectivity index is 1.72. The van der Waals surface area contributed by atoms with Crippen LogP contribution in [0.15, 0.2) is 60.2 Å². The van der Waals surface area contributed by atoms with Gasteiger partial charge in [0.05, 0.1) is 0 Å². The fourth-order valence-corrected chi connectivity index (χ4v) is 3.38. The predicted octanol–water partition coefficient (Wildman–Crippen LogP) is 1.73. The fourth-order valence-electron chi connectivity index (χ4n) is 3.38. The topological polar surface area (TPSA) is 70.8 Å². The Hall–Kier alpha value is -3.55. The molecule has 7 nitrogen and oxygen atoms in total. The van der Waals surface area contributed by atoms with Gasteiger partial charge in [-0.25, -0.2) is 18.8 Å². The number of hydrogen-bond acceptors (Lipinski definition) is 5. The van der Waals surface area contributed by atoms with E-state index in [0.717, 1.165) is 0 Å². The summed E-state index contributed by atoms with van der Waals surface area (Å²) >= 11 is 0. The largest absolute Gasteiger partial charge is 0.338 e. The van der Waals surface area contributed by atoms with Gasteiger partial charge >= 0.3 is 0 Å². The van der Waals surface area contributed by atoms with E-state index in [1.165, 1.54) is 28.9 Å². The maximum absolute atomic E-state index is 14.1. The van der Waals surface area contributed by atoms with Crippen LogP contribution in [0.1, 0.15) is 0 Å². The summed E-state index contributed by atoms with van der Waals surface area (Å²) in [6, 6.07) is 9.35. The first-order chi connectivity index (χ1) is 13.6. The second-order valence-corrected chi connectivity index (χ2v) is 6.45. The predicted molar refractivity (Wildman–Crippen MR) is 104 cm³/mol. The van der Waals surface area contributed by atoms with Crippen molar-refractivity contribution in [3.63, 3.8) is 0 Å². The van der Waals surface area contributed by atoms with Crippen LogP contribution in [-0.4, -0.2) is 51.4 Å². The molecule has 2 aromatic heterocycles. The maximum atomic E-state index is 14.1. The highest BCUT2D eigenvalue weighted by Gasteiger charge is 2.22. The lowest BCUT2D eigenvalue weighted by molar-refractivity contribution is -0.126. The molecule has 0 unspecified atom stereocenters. The summed E-state index contributed by atoms with van der Waals surface area (Å²) in [5.74, 6) is -0.0526. The molecule has 4 rings (SSSR count). The van der Waals surface area contributed by atoms with Gasteiger partial charge in [0.1, 0.15) is 17.8 Å². The molecule has 1 aliphatic rings. The van der Waals surface area contributed by atoms with Crippen LogP contribution in [-0.2, 0) is 4.79 Å². The number of benzene rings is 1. The Morgan fingerprint density at radius 3 is 2.57 bits per heavy atom. The third-order valence-electron chi connectivity index (χ3n) is 4.81. The van der Waals surface area contributed by atoms with Gasteiger partial charge in [0.25, 0.3) is 5.56 Å². The second-order valence-electron chi connectivity index (χ2n) is 6.45. The highest BCUT2D eigenvalue weighted by atomic mass is 19.1. The molecule has 0 bridgehead atoms. The van der Waals surface area contributed by atoms with Gasteiger partial charge < -0.3 is 9.80 Å². The van der Waals surface area contributed by atoms with E-state index in [2.05, 4.69) is 16.5 Å². The third-order valence-corrected chi connectivity index (χ3v) is 4.81. The van der Waals surface area contributed by atoms with Crippen LogP contribution in [0.25, 0.3) is 16.8 Å². The van der Waals surface area contributed by atoms with E-state index in [0.29, 0.717) is 48.9 Å². The Morgan fingerprint density at radius 2 is 1.86 bits per heavy atom. The molecule has 1 amide bonds. The number of halogens is 1. The van der Waals surface area contributed by atoms with Crippen molar-refractivity contribution >= 4 is 17.5 Å². The van der Waals surface area contributed by atoms with E-state index in [1.807, 2.05) is 4.90 Å². The van der Waals surface area contributed by atoms with E-state index in [9.17, 15) is 14.0 Å². The quantitative estimate of drug-likeness (QED) is 0.648. The van der Waals surface area contributed by atoms with Gasteiger partial charge in [0.15, 0.2) is 0 Å². The molecule has 0 N–H and O–H groups in total. The molecule has 0 aliphatic carbocycles. The van der Waals surface area contributed by atoms with Crippen LogP contribution in [0.2, 0.25) is 0 Å². The van der Waals surface area contributed by atoms with E-state index < -0.39 is 5.82 Å². The Kier molecular flexibility index (Phi) is 4.60. The summed E-state index contributed by atoms with van der Waals surface area (Å²) in [6.07, 6.45) is 2.68. The van der Waals surface area contributed by atoms with Crippen molar-refractivity contribution < 1.29 is 9.18 Å². The molecule has 3 aromatic rings. The summed E-state index contributed by atoms with van der Waals surface area (Å²) < 4.78 is 15.5. The lowest BCUT2D eigenvalue weighted by Gasteiger charge is -2.34. The molecule has 8 heteroatoms.